The van der Waals surface area contributed by atoms with Gasteiger partial charge in [0.15, 0.2) is 0 Å². The van der Waals surface area contributed by atoms with Gasteiger partial charge in [0.25, 0.3) is 0 Å². The average Bonchev–Trinajstić information content (AvgIpc) is 2.96. The molecule has 0 aliphatic carbocycles. The third-order valence-electron chi connectivity index (χ3n) is 2.94. The molecule has 0 N–H and O–H groups in total. The molecule has 112 valence electrons. The quantitative estimate of drug-likeness (QED) is 0.859. The molecular formula is C13H20N2O3S2. The van der Waals surface area contributed by atoms with Crippen molar-refractivity contribution in [2.45, 2.75) is 43.8 Å². The van der Waals surface area contributed by atoms with Gasteiger partial charge in [0, 0.05) is 35.0 Å². The number of hydrogen-bond donors (Lipinski definition) is 0. The monoisotopic (exact) mass is 316 g/mol. The molecule has 2 heterocycles. The molecule has 0 radical (unpaired) electrons. The van der Waals surface area contributed by atoms with Crippen molar-refractivity contribution in [1.82, 2.24) is 9.88 Å². The number of rotatable bonds is 3. The highest BCUT2D eigenvalue weighted by molar-refractivity contribution is 7.85. The Morgan fingerprint density at radius 3 is 2.95 bits per heavy atom. The summed E-state index contributed by atoms with van der Waals surface area (Å²) < 4.78 is 17.6. The summed E-state index contributed by atoms with van der Waals surface area (Å²) in [4.78, 5) is 18.6. The van der Waals surface area contributed by atoms with Crippen LogP contribution in [0.4, 0.5) is 4.79 Å². The summed E-state index contributed by atoms with van der Waals surface area (Å²) in [6, 6.07) is 0. The van der Waals surface area contributed by atoms with E-state index in [4.69, 9.17) is 4.74 Å². The minimum Gasteiger partial charge on any atom is -0.444 e. The van der Waals surface area contributed by atoms with Gasteiger partial charge in [-0.25, -0.2) is 4.79 Å². The number of thiazole rings is 1. The second-order valence-electron chi connectivity index (χ2n) is 5.83. The van der Waals surface area contributed by atoms with Crippen LogP contribution in [-0.4, -0.2) is 44.1 Å². The van der Waals surface area contributed by atoms with Crippen LogP contribution in [0.15, 0.2) is 11.7 Å². The van der Waals surface area contributed by atoms with E-state index in [0.717, 1.165) is 11.3 Å². The normalized spacial score (nSPS) is 20.9. The van der Waals surface area contributed by atoms with Crippen LogP contribution < -0.4 is 0 Å². The predicted molar refractivity (Wildman–Crippen MR) is 80.2 cm³/mol. The van der Waals surface area contributed by atoms with E-state index < -0.39 is 16.4 Å². The van der Waals surface area contributed by atoms with Gasteiger partial charge in [0.2, 0.25) is 0 Å². The fraction of sp³-hybridized carbons (Fsp3) is 0.692. The first kappa shape index (κ1) is 15.4. The molecule has 1 amide bonds. The Labute approximate surface area is 125 Å². The second kappa shape index (κ2) is 6.22. The van der Waals surface area contributed by atoms with Gasteiger partial charge >= 0.3 is 6.09 Å². The molecule has 20 heavy (non-hydrogen) atoms. The zero-order valence-electron chi connectivity index (χ0n) is 12.0. The molecule has 7 heteroatoms. The van der Waals surface area contributed by atoms with Crippen molar-refractivity contribution in [3.63, 3.8) is 0 Å². The lowest BCUT2D eigenvalue weighted by atomic mass is 10.2. The fourth-order valence-corrected chi connectivity index (χ4v) is 4.31. The predicted octanol–water partition coefficient (Wildman–Crippen LogP) is 2.40. The van der Waals surface area contributed by atoms with Gasteiger partial charge in [-0.2, -0.15) is 0 Å². The van der Waals surface area contributed by atoms with Gasteiger partial charge < -0.3 is 9.64 Å². The van der Waals surface area contributed by atoms with Crippen LogP contribution in [0.3, 0.4) is 0 Å². The SMILES string of the molecule is CC(C)(C)OC(=O)N1CCC(S(=O)Cc2cncs2)C1. The number of hydrogen-bond acceptors (Lipinski definition) is 5. The summed E-state index contributed by atoms with van der Waals surface area (Å²) in [5.41, 5.74) is 1.26. The van der Waals surface area contributed by atoms with Crippen molar-refractivity contribution >= 4 is 28.2 Å². The molecule has 1 aromatic heterocycles. The van der Waals surface area contributed by atoms with E-state index in [2.05, 4.69) is 4.98 Å². The van der Waals surface area contributed by atoms with E-state index in [0.29, 0.717) is 18.8 Å². The molecule has 1 fully saturated rings. The Balaban J connectivity index is 1.85. The van der Waals surface area contributed by atoms with E-state index in [1.807, 2.05) is 20.8 Å². The number of likely N-dealkylation sites (tertiary alicyclic amines) is 1. The minimum atomic E-state index is -0.964. The van der Waals surface area contributed by atoms with Crippen molar-refractivity contribution in [2.75, 3.05) is 13.1 Å². The summed E-state index contributed by atoms with van der Waals surface area (Å²) in [6.07, 6.45) is 2.21. The molecule has 1 saturated heterocycles. The van der Waals surface area contributed by atoms with Gasteiger partial charge in [0.05, 0.1) is 16.5 Å². The minimum absolute atomic E-state index is 0.0321. The number of amides is 1. The smallest absolute Gasteiger partial charge is 0.410 e. The Bertz CT molecular complexity index is 482. The van der Waals surface area contributed by atoms with Crippen molar-refractivity contribution in [2.24, 2.45) is 0 Å². The Hall–Kier alpha value is -0.950. The van der Waals surface area contributed by atoms with Crippen molar-refractivity contribution in [3.05, 3.63) is 16.6 Å². The number of ether oxygens (including phenoxy) is 1. The second-order valence-corrected chi connectivity index (χ2v) is 8.52. The number of carbonyl (C=O) groups is 1. The maximum Gasteiger partial charge on any atom is 0.410 e. The molecule has 0 spiro atoms. The third kappa shape index (κ3) is 4.28. The zero-order chi connectivity index (χ0) is 14.8. The van der Waals surface area contributed by atoms with E-state index in [-0.39, 0.29) is 11.3 Å². The Morgan fingerprint density at radius 1 is 1.60 bits per heavy atom. The first-order valence-corrected chi connectivity index (χ1v) is 8.84. The maximum atomic E-state index is 12.3. The van der Waals surface area contributed by atoms with Crippen molar-refractivity contribution in [1.29, 1.82) is 0 Å². The zero-order valence-corrected chi connectivity index (χ0v) is 13.6. The maximum absolute atomic E-state index is 12.3. The first-order valence-electron chi connectivity index (χ1n) is 6.57. The largest absolute Gasteiger partial charge is 0.444 e. The van der Waals surface area contributed by atoms with Crippen LogP contribution >= 0.6 is 11.3 Å². The van der Waals surface area contributed by atoms with Crippen LogP contribution in [0.5, 0.6) is 0 Å². The molecule has 1 aliphatic rings. The van der Waals surface area contributed by atoms with Gasteiger partial charge in [-0.1, -0.05) is 0 Å². The lowest BCUT2D eigenvalue weighted by Crippen LogP contribution is -2.36. The standard InChI is InChI=1S/C13H20N2O3S2/c1-13(2,3)18-12(16)15-5-4-11(7-15)20(17)8-10-6-14-9-19-10/h6,9,11H,4-5,7-8H2,1-3H3. The lowest BCUT2D eigenvalue weighted by Gasteiger charge is -2.24. The van der Waals surface area contributed by atoms with Crippen LogP contribution in [0.1, 0.15) is 32.1 Å². The van der Waals surface area contributed by atoms with Crippen LogP contribution in [0, 0.1) is 0 Å². The summed E-state index contributed by atoms with van der Waals surface area (Å²) in [7, 11) is -0.964. The number of carbonyl (C=O) groups excluding carboxylic acids is 1. The molecule has 1 aromatic rings. The summed E-state index contributed by atoms with van der Waals surface area (Å²) in [6.45, 7) is 6.68. The highest BCUT2D eigenvalue weighted by atomic mass is 32.2. The average molecular weight is 316 g/mol. The summed E-state index contributed by atoms with van der Waals surface area (Å²) >= 11 is 1.52. The lowest BCUT2D eigenvalue weighted by molar-refractivity contribution is 0.0295. The van der Waals surface area contributed by atoms with E-state index in [9.17, 15) is 9.00 Å². The molecule has 0 aromatic carbocycles. The molecule has 2 rings (SSSR count). The Morgan fingerprint density at radius 2 is 2.35 bits per heavy atom. The highest BCUT2D eigenvalue weighted by Gasteiger charge is 2.32. The molecule has 0 saturated carbocycles. The van der Waals surface area contributed by atoms with Crippen LogP contribution in [0.2, 0.25) is 0 Å². The molecule has 1 aliphatic heterocycles. The van der Waals surface area contributed by atoms with Crippen LogP contribution in [-0.2, 0) is 21.3 Å². The van der Waals surface area contributed by atoms with Gasteiger partial charge in [-0.3, -0.25) is 9.19 Å². The van der Waals surface area contributed by atoms with Crippen molar-refractivity contribution < 1.29 is 13.7 Å². The van der Waals surface area contributed by atoms with Gasteiger partial charge in [0.1, 0.15) is 5.60 Å². The molecule has 2 unspecified atom stereocenters. The molecule has 5 nitrogen and oxygen atoms in total. The molecule has 0 bridgehead atoms. The summed E-state index contributed by atoms with van der Waals surface area (Å²) in [5.74, 6) is 0.525. The van der Waals surface area contributed by atoms with Crippen molar-refractivity contribution in [3.8, 4) is 0 Å². The third-order valence-corrected chi connectivity index (χ3v) is 5.62. The molecular weight excluding hydrogens is 296 g/mol. The Kier molecular flexibility index (Phi) is 4.80. The number of nitrogens with zero attached hydrogens (tertiary/aromatic N) is 2. The first-order chi connectivity index (χ1) is 9.35. The van der Waals surface area contributed by atoms with Gasteiger partial charge in [-0.05, 0) is 27.2 Å². The topological polar surface area (TPSA) is 59.5 Å². The van der Waals surface area contributed by atoms with E-state index >= 15 is 0 Å². The van der Waals surface area contributed by atoms with Gasteiger partial charge in [-0.15, -0.1) is 11.3 Å². The van der Waals surface area contributed by atoms with Crippen LogP contribution in [0.25, 0.3) is 0 Å². The summed E-state index contributed by atoms with van der Waals surface area (Å²) in [5, 5.41) is 0.0321. The molecule has 2 atom stereocenters. The fourth-order valence-electron chi connectivity index (χ4n) is 2.01. The van der Waals surface area contributed by atoms with E-state index in [1.54, 1.807) is 16.6 Å². The van der Waals surface area contributed by atoms with E-state index in [1.165, 1.54) is 11.3 Å². The highest BCUT2D eigenvalue weighted by Crippen LogP contribution is 2.21. The number of aromatic nitrogens is 1.